The summed E-state index contributed by atoms with van der Waals surface area (Å²) in [7, 11) is 3.58. The van der Waals surface area contributed by atoms with Crippen LogP contribution in [0, 0.1) is 0 Å². The first kappa shape index (κ1) is 31.6. The Morgan fingerprint density at radius 2 is 1.97 bits per heavy atom. The molecule has 0 radical (unpaired) electrons. The van der Waals surface area contributed by atoms with Crippen molar-refractivity contribution >= 4 is 56.4 Å². The number of aryl methyl sites for hydroxylation is 1. The largest absolute Gasteiger partial charge is 0.385 e. The van der Waals surface area contributed by atoms with E-state index >= 15 is 0 Å². The summed E-state index contributed by atoms with van der Waals surface area (Å²) in [6.45, 7) is 9.56. The van der Waals surface area contributed by atoms with Crippen molar-refractivity contribution in [2.75, 3.05) is 32.2 Å². The van der Waals surface area contributed by atoms with Crippen molar-refractivity contribution in [1.29, 1.82) is 0 Å². The number of carbonyl (C=O) groups is 1. The van der Waals surface area contributed by atoms with Gasteiger partial charge in [0.25, 0.3) is 0 Å². The number of rotatable bonds is 10. The van der Waals surface area contributed by atoms with Gasteiger partial charge < -0.3 is 15.0 Å². The van der Waals surface area contributed by atoms with Gasteiger partial charge in [0.15, 0.2) is 5.17 Å². The van der Waals surface area contributed by atoms with Crippen molar-refractivity contribution in [1.82, 2.24) is 5.32 Å². The van der Waals surface area contributed by atoms with Crippen LogP contribution in [0.3, 0.4) is 0 Å². The molecular formula is C30H35BrClN3O2S. The molecule has 8 heteroatoms. The van der Waals surface area contributed by atoms with Gasteiger partial charge in [-0.05, 0) is 77.4 Å². The summed E-state index contributed by atoms with van der Waals surface area (Å²) in [6, 6.07) is 15.7. The van der Waals surface area contributed by atoms with Gasteiger partial charge in [-0.3, -0.25) is 9.79 Å². The molecule has 0 unspecified atom stereocenters. The molecule has 0 saturated carbocycles. The molecule has 1 heterocycles. The lowest BCUT2D eigenvalue weighted by atomic mass is 10.1. The number of hydrogen-bond donors (Lipinski definition) is 1. The third kappa shape index (κ3) is 10.3. The number of thioether (sulfide) groups is 1. The number of nitrogens with one attached hydrogen (secondary N) is 1. The molecule has 0 atom stereocenters. The van der Waals surface area contributed by atoms with Crippen LogP contribution in [0.15, 0.2) is 99.1 Å². The predicted molar refractivity (Wildman–Crippen MR) is 169 cm³/mol. The quantitative estimate of drug-likeness (QED) is 0.216. The lowest BCUT2D eigenvalue weighted by Crippen LogP contribution is -2.23. The van der Waals surface area contributed by atoms with Crippen LogP contribution in [0.4, 0.5) is 5.69 Å². The van der Waals surface area contributed by atoms with E-state index in [1.165, 1.54) is 11.1 Å². The number of halogens is 2. The Labute approximate surface area is 244 Å². The number of ether oxygens (including phenoxy) is 1. The molecule has 0 aliphatic carbocycles. The normalized spacial score (nSPS) is 13.5. The molecule has 0 bridgehead atoms. The second-order valence-electron chi connectivity index (χ2n) is 8.28. The standard InChI is InChI=1S/C27H27BrClN3OS.C3H8O/c1-4-23(28)25(32(3)26-15-21(17-33)12-13-24(26)29)14-19(2)31-27-30-16-22(18-34-27)11-10-20-8-6-5-7-9-20;1-3-4-2/h4-9,12-15,17-18H,2,10-11,16H2,1,3H3,(H,30,31);3H2,1-2H3/b23-4+,25-14+;. The number of benzene rings is 2. The molecule has 5 nitrogen and oxygen atoms in total. The molecule has 0 fully saturated rings. The first-order valence-electron chi connectivity index (χ1n) is 12.2. The number of amidine groups is 1. The summed E-state index contributed by atoms with van der Waals surface area (Å²) in [6.07, 6.45) is 6.69. The SMILES string of the molecule is C=C(/C=C(\C(Br)=C/C)N(C)c1cc(C=O)ccc1Cl)NC1=NCC(CCc2ccccc2)=CS1.CCOC. The average Bonchev–Trinajstić information content (AvgIpc) is 2.95. The van der Waals surface area contributed by atoms with Gasteiger partial charge in [-0.1, -0.05) is 72.4 Å². The number of allylic oxidation sites excluding steroid dienone is 3. The molecule has 0 spiro atoms. The van der Waals surface area contributed by atoms with Crippen molar-refractivity contribution < 1.29 is 9.53 Å². The van der Waals surface area contributed by atoms with Crippen molar-refractivity contribution in [2.24, 2.45) is 4.99 Å². The molecule has 1 aliphatic heterocycles. The number of carbonyl (C=O) groups excluding carboxylic acids is 1. The molecule has 1 aliphatic rings. The maximum Gasteiger partial charge on any atom is 0.165 e. The zero-order chi connectivity index (χ0) is 27.9. The minimum Gasteiger partial charge on any atom is -0.385 e. The van der Waals surface area contributed by atoms with E-state index in [0.29, 0.717) is 22.8 Å². The molecule has 202 valence electrons. The molecule has 38 heavy (non-hydrogen) atoms. The van der Waals surface area contributed by atoms with E-state index in [9.17, 15) is 4.79 Å². The Bertz CT molecular complexity index is 1210. The van der Waals surface area contributed by atoms with Gasteiger partial charge in [0.1, 0.15) is 6.29 Å². The summed E-state index contributed by atoms with van der Waals surface area (Å²) in [5.74, 6) is 0. The van der Waals surface area contributed by atoms with E-state index in [1.54, 1.807) is 37.1 Å². The van der Waals surface area contributed by atoms with Crippen LogP contribution in [0.5, 0.6) is 0 Å². The van der Waals surface area contributed by atoms with E-state index in [-0.39, 0.29) is 0 Å². The molecule has 0 aromatic heterocycles. The highest BCUT2D eigenvalue weighted by molar-refractivity contribution is 9.12. The maximum atomic E-state index is 11.2. The number of methoxy groups -OCH3 is 1. The number of hydrogen-bond acceptors (Lipinski definition) is 6. The van der Waals surface area contributed by atoms with E-state index in [4.69, 9.17) is 11.6 Å². The lowest BCUT2D eigenvalue weighted by molar-refractivity contribution is 0.112. The van der Waals surface area contributed by atoms with Gasteiger partial charge in [0.05, 0.1) is 23.0 Å². The van der Waals surface area contributed by atoms with Crippen molar-refractivity contribution in [3.05, 3.63) is 110 Å². The summed E-state index contributed by atoms with van der Waals surface area (Å²) >= 11 is 11.6. The highest BCUT2D eigenvalue weighted by Gasteiger charge is 2.15. The number of likely N-dealkylation sites (N-methyl/N-ethyl adjacent to an activating group) is 1. The molecule has 2 aromatic carbocycles. The maximum absolute atomic E-state index is 11.2. The first-order chi connectivity index (χ1) is 18.3. The van der Waals surface area contributed by atoms with Crippen LogP contribution in [0.2, 0.25) is 5.02 Å². The Kier molecular flexibility index (Phi) is 14.2. The third-order valence-electron chi connectivity index (χ3n) is 5.53. The fraction of sp³-hybridized carbons (Fsp3) is 0.267. The van der Waals surface area contributed by atoms with Crippen LogP contribution in [-0.2, 0) is 11.2 Å². The number of anilines is 1. The summed E-state index contributed by atoms with van der Waals surface area (Å²) in [5.41, 5.74) is 5.47. The van der Waals surface area contributed by atoms with Crippen molar-refractivity contribution in [3.63, 3.8) is 0 Å². The Balaban J connectivity index is 0.00000118. The van der Waals surface area contributed by atoms with Crippen molar-refractivity contribution in [2.45, 2.75) is 26.7 Å². The zero-order valence-electron chi connectivity index (χ0n) is 22.3. The minimum atomic E-state index is 0.550. The lowest BCUT2D eigenvalue weighted by Gasteiger charge is -2.25. The molecule has 2 aromatic rings. The number of aldehydes is 1. The molecular weight excluding hydrogens is 582 g/mol. The topological polar surface area (TPSA) is 53.9 Å². The van der Waals surface area contributed by atoms with E-state index < -0.39 is 0 Å². The monoisotopic (exact) mass is 615 g/mol. The minimum absolute atomic E-state index is 0.550. The van der Waals surface area contributed by atoms with Crippen LogP contribution in [0.1, 0.15) is 36.2 Å². The zero-order valence-corrected chi connectivity index (χ0v) is 25.5. The van der Waals surface area contributed by atoms with Gasteiger partial charge in [0.2, 0.25) is 0 Å². The Morgan fingerprint density at radius 1 is 1.26 bits per heavy atom. The average molecular weight is 617 g/mol. The molecule has 0 amide bonds. The van der Waals surface area contributed by atoms with Crippen LogP contribution < -0.4 is 10.2 Å². The predicted octanol–water partition coefficient (Wildman–Crippen LogP) is 8.15. The third-order valence-corrected chi connectivity index (χ3v) is 7.62. The second kappa shape index (κ2) is 17.1. The van der Waals surface area contributed by atoms with E-state index in [2.05, 4.69) is 67.2 Å². The van der Waals surface area contributed by atoms with E-state index in [1.807, 2.05) is 44.0 Å². The summed E-state index contributed by atoms with van der Waals surface area (Å²) < 4.78 is 5.41. The highest BCUT2D eigenvalue weighted by Crippen LogP contribution is 2.32. The molecule has 0 saturated heterocycles. The van der Waals surface area contributed by atoms with E-state index in [0.717, 1.165) is 46.8 Å². The fourth-order valence-electron chi connectivity index (χ4n) is 3.35. The van der Waals surface area contributed by atoms with Gasteiger partial charge >= 0.3 is 0 Å². The number of aliphatic imine (C=N–C) groups is 1. The summed E-state index contributed by atoms with van der Waals surface area (Å²) in [5, 5.41) is 6.84. The van der Waals surface area contributed by atoms with Gasteiger partial charge in [-0.25, -0.2) is 0 Å². The molecule has 1 N–H and O–H groups in total. The van der Waals surface area contributed by atoms with Crippen LogP contribution in [0.25, 0.3) is 0 Å². The smallest absolute Gasteiger partial charge is 0.165 e. The number of nitrogens with zero attached hydrogens (tertiary/aromatic N) is 2. The second-order valence-corrected chi connectivity index (χ2v) is 10.4. The Hall–Kier alpha value is -2.58. The fourth-order valence-corrected chi connectivity index (χ4v) is 4.77. The Morgan fingerprint density at radius 3 is 2.55 bits per heavy atom. The molecule has 3 rings (SSSR count). The van der Waals surface area contributed by atoms with Gasteiger partial charge in [-0.15, -0.1) is 0 Å². The van der Waals surface area contributed by atoms with Crippen LogP contribution >= 0.6 is 39.3 Å². The van der Waals surface area contributed by atoms with Gasteiger partial charge in [0, 0.05) is 36.5 Å². The first-order valence-corrected chi connectivity index (χ1v) is 14.3. The van der Waals surface area contributed by atoms with Crippen molar-refractivity contribution in [3.8, 4) is 0 Å². The van der Waals surface area contributed by atoms with Crippen LogP contribution in [-0.4, -0.2) is 38.8 Å². The van der Waals surface area contributed by atoms with Gasteiger partial charge in [-0.2, -0.15) is 0 Å². The summed E-state index contributed by atoms with van der Waals surface area (Å²) in [4.78, 5) is 17.9. The highest BCUT2D eigenvalue weighted by atomic mass is 79.9.